The zero-order valence-electron chi connectivity index (χ0n) is 17.6. The Balaban J connectivity index is 0.000000280. The van der Waals surface area contributed by atoms with E-state index in [-0.39, 0.29) is 11.9 Å². The van der Waals surface area contributed by atoms with Crippen molar-refractivity contribution in [1.29, 1.82) is 0 Å². The van der Waals surface area contributed by atoms with E-state index in [0.29, 0.717) is 11.1 Å². The van der Waals surface area contributed by atoms with Crippen molar-refractivity contribution in [3.05, 3.63) is 65.2 Å². The molecular formula is C22H30N2O4. The number of esters is 2. The molecule has 0 spiro atoms. The summed E-state index contributed by atoms with van der Waals surface area (Å²) in [6.45, 7) is 3.63. The number of hydrogen-bond donors (Lipinski definition) is 0. The van der Waals surface area contributed by atoms with E-state index in [2.05, 4.69) is 0 Å². The van der Waals surface area contributed by atoms with Crippen molar-refractivity contribution in [2.75, 3.05) is 46.8 Å². The first-order chi connectivity index (χ1) is 13.3. The number of anilines is 1. The highest BCUT2D eigenvalue weighted by Gasteiger charge is 2.12. The minimum absolute atomic E-state index is 0.276. The third-order valence-electron chi connectivity index (χ3n) is 4.10. The largest absolute Gasteiger partial charge is 0.465 e. The summed E-state index contributed by atoms with van der Waals surface area (Å²) >= 11 is 0. The quantitative estimate of drug-likeness (QED) is 0.709. The third kappa shape index (κ3) is 6.70. The standard InChI is InChI=1S/2C11H15NO2/c1-12(2)8-9-6-4-5-7-10(9)11(13)14-3;1-4-12(2)10-8-6-5-7-9(10)11(13)14-3/h4-7H,8H2,1-3H3;5-8H,4H2,1-3H3. The van der Waals surface area contributed by atoms with E-state index in [1.54, 1.807) is 12.1 Å². The highest BCUT2D eigenvalue weighted by molar-refractivity contribution is 5.95. The van der Waals surface area contributed by atoms with Crippen molar-refractivity contribution in [2.24, 2.45) is 0 Å². The van der Waals surface area contributed by atoms with Gasteiger partial charge in [0, 0.05) is 20.1 Å². The van der Waals surface area contributed by atoms with Crippen LogP contribution in [0.4, 0.5) is 5.69 Å². The van der Waals surface area contributed by atoms with Crippen LogP contribution < -0.4 is 4.90 Å². The Morgan fingerprint density at radius 1 is 0.821 bits per heavy atom. The van der Waals surface area contributed by atoms with Crippen molar-refractivity contribution < 1.29 is 19.1 Å². The summed E-state index contributed by atoms with van der Waals surface area (Å²) in [5.41, 5.74) is 3.15. The predicted octanol–water partition coefficient (Wildman–Crippen LogP) is 3.46. The molecule has 0 aliphatic rings. The number of para-hydroxylation sites is 1. The number of nitrogens with zero attached hydrogens (tertiary/aromatic N) is 2. The number of rotatable bonds is 6. The fourth-order valence-electron chi connectivity index (χ4n) is 2.57. The summed E-state index contributed by atoms with van der Waals surface area (Å²) in [6, 6.07) is 14.9. The molecule has 28 heavy (non-hydrogen) atoms. The van der Waals surface area contributed by atoms with Gasteiger partial charge in [0.15, 0.2) is 0 Å². The highest BCUT2D eigenvalue weighted by Crippen LogP contribution is 2.19. The Morgan fingerprint density at radius 2 is 1.32 bits per heavy atom. The molecule has 0 unspecified atom stereocenters. The molecule has 0 N–H and O–H groups in total. The summed E-state index contributed by atoms with van der Waals surface area (Å²) in [5.74, 6) is -0.566. The molecule has 0 heterocycles. The normalized spacial score (nSPS) is 9.96. The molecule has 6 nitrogen and oxygen atoms in total. The van der Waals surface area contributed by atoms with E-state index in [0.717, 1.165) is 24.3 Å². The zero-order valence-corrected chi connectivity index (χ0v) is 17.6. The molecule has 0 aliphatic heterocycles. The highest BCUT2D eigenvalue weighted by atomic mass is 16.5. The van der Waals surface area contributed by atoms with Gasteiger partial charge in [-0.1, -0.05) is 30.3 Å². The van der Waals surface area contributed by atoms with Crippen molar-refractivity contribution >= 4 is 17.6 Å². The predicted molar refractivity (Wildman–Crippen MR) is 112 cm³/mol. The van der Waals surface area contributed by atoms with Gasteiger partial charge in [-0.25, -0.2) is 9.59 Å². The van der Waals surface area contributed by atoms with Gasteiger partial charge in [-0.3, -0.25) is 0 Å². The summed E-state index contributed by atoms with van der Waals surface area (Å²) in [7, 11) is 8.67. The van der Waals surface area contributed by atoms with Gasteiger partial charge in [-0.05, 0) is 44.8 Å². The molecule has 0 saturated carbocycles. The van der Waals surface area contributed by atoms with E-state index in [4.69, 9.17) is 9.47 Å². The lowest BCUT2D eigenvalue weighted by atomic mass is 10.1. The second kappa shape index (κ2) is 11.8. The molecule has 0 aromatic heterocycles. The average Bonchev–Trinajstić information content (AvgIpc) is 2.72. The molecule has 2 aromatic rings. The van der Waals surface area contributed by atoms with Crippen LogP contribution in [0.3, 0.4) is 0 Å². The maximum absolute atomic E-state index is 11.4. The number of hydrogen-bond acceptors (Lipinski definition) is 6. The summed E-state index contributed by atoms with van der Waals surface area (Å²) in [6.07, 6.45) is 0. The first-order valence-corrected chi connectivity index (χ1v) is 9.05. The topological polar surface area (TPSA) is 59.1 Å². The fourth-order valence-corrected chi connectivity index (χ4v) is 2.57. The van der Waals surface area contributed by atoms with Crippen LogP contribution in [-0.4, -0.2) is 58.7 Å². The molecule has 0 saturated heterocycles. The van der Waals surface area contributed by atoms with Crippen molar-refractivity contribution in [2.45, 2.75) is 13.5 Å². The van der Waals surface area contributed by atoms with Gasteiger partial charge in [0.1, 0.15) is 0 Å². The van der Waals surface area contributed by atoms with Gasteiger partial charge in [-0.15, -0.1) is 0 Å². The molecule has 0 radical (unpaired) electrons. The molecule has 0 bridgehead atoms. The number of carbonyl (C=O) groups is 2. The molecular weight excluding hydrogens is 356 g/mol. The van der Waals surface area contributed by atoms with Gasteiger partial charge in [-0.2, -0.15) is 0 Å². The minimum atomic E-state index is -0.291. The lowest BCUT2D eigenvalue weighted by Crippen LogP contribution is -2.19. The molecule has 0 atom stereocenters. The Bertz CT molecular complexity index is 775. The second-order valence-corrected chi connectivity index (χ2v) is 6.41. The van der Waals surface area contributed by atoms with E-state index >= 15 is 0 Å². The average molecular weight is 386 g/mol. The van der Waals surface area contributed by atoms with Crippen LogP contribution >= 0.6 is 0 Å². The number of benzene rings is 2. The van der Waals surface area contributed by atoms with Crippen LogP contribution in [-0.2, 0) is 16.0 Å². The molecule has 2 rings (SSSR count). The fraction of sp³-hybridized carbons (Fsp3) is 0.364. The molecule has 0 fully saturated rings. The minimum Gasteiger partial charge on any atom is -0.465 e. The molecule has 6 heteroatoms. The van der Waals surface area contributed by atoms with Crippen LogP contribution in [0, 0.1) is 0 Å². The molecule has 2 aromatic carbocycles. The van der Waals surface area contributed by atoms with Gasteiger partial charge in [0.25, 0.3) is 0 Å². The van der Waals surface area contributed by atoms with Gasteiger partial charge in [0.05, 0.1) is 31.0 Å². The van der Waals surface area contributed by atoms with Gasteiger partial charge < -0.3 is 19.3 Å². The van der Waals surface area contributed by atoms with Crippen molar-refractivity contribution in [3.8, 4) is 0 Å². The Hall–Kier alpha value is -2.86. The van der Waals surface area contributed by atoms with E-state index in [9.17, 15) is 9.59 Å². The summed E-state index contributed by atoms with van der Waals surface area (Å²) in [5, 5.41) is 0. The van der Waals surface area contributed by atoms with Crippen LogP contribution in [0.15, 0.2) is 48.5 Å². The molecule has 152 valence electrons. The first kappa shape index (κ1) is 23.2. The maximum Gasteiger partial charge on any atom is 0.339 e. The number of carbonyl (C=O) groups excluding carboxylic acids is 2. The Morgan fingerprint density at radius 3 is 1.86 bits per heavy atom. The zero-order chi connectivity index (χ0) is 21.1. The van der Waals surface area contributed by atoms with Crippen LogP contribution in [0.2, 0.25) is 0 Å². The maximum atomic E-state index is 11.4. The van der Waals surface area contributed by atoms with Crippen LogP contribution in [0.5, 0.6) is 0 Å². The SMILES string of the molecule is CCN(C)c1ccccc1C(=O)OC.COC(=O)c1ccccc1CN(C)C. The molecule has 0 amide bonds. The van der Waals surface area contributed by atoms with E-state index < -0.39 is 0 Å². The number of ether oxygens (including phenoxy) is 2. The van der Waals surface area contributed by atoms with Crippen molar-refractivity contribution in [3.63, 3.8) is 0 Å². The lowest BCUT2D eigenvalue weighted by molar-refractivity contribution is 0.0591. The van der Waals surface area contributed by atoms with Crippen molar-refractivity contribution in [1.82, 2.24) is 4.90 Å². The monoisotopic (exact) mass is 386 g/mol. The van der Waals surface area contributed by atoms with Crippen LogP contribution in [0.25, 0.3) is 0 Å². The summed E-state index contributed by atoms with van der Waals surface area (Å²) < 4.78 is 9.41. The number of methoxy groups -OCH3 is 2. The van der Waals surface area contributed by atoms with E-state index in [1.165, 1.54) is 14.2 Å². The van der Waals surface area contributed by atoms with Gasteiger partial charge >= 0.3 is 11.9 Å². The Labute approximate surface area is 167 Å². The Kier molecular flexibility index (Phi) is 9.74. The van der Waals surface area contributed by atoms with Gasteiger partial charge in [0.2, 0.25) is 0 Å². The third-order valence-corrected chi connectivity index (χ3v) is 4.10. The lowest BCUT2D eigenvalue weighted by Gasteiger charge is -2.19. The second-order valence-electron chi connectivity index (χ2n) is 6.41. The smallest absolute Gasteiger partial charge is 0.339 e. The van der Waals surface area contributed by atoms with E-state index in [1.807, 2.05) is 74.3 Å². The molecule has 0 aliphatic carbocycles. The summed E-state index contributed by atoms with van der Waals surface area (Å²) in [4.78, 5) is 26.8. The van der Waals surface area contributed by atoms with Crippen LogP contribution in [0.1, 0.15) is 33.2 Å². The first-order valence-electron chi connectivity index (χ1n) is 9.05.